The van der Waals surface area contributed by atoms with Crippen molar-refractivity contribution >= 4 is 11.5 Å². The minimum Gasteiger partial charge on any atom is -0.508 e. The lowest BCUT2D eigenvalue weighted by Crippen LogP contribution is -2.05. The van der Waals surface area contributed by atoms with Gasteiger partial charge < -0.3 is 15.6 Å². The molecule has 92 valence electrons. The Labute approximate surface area is 105 Å². The van der Waals surface area contributed by atoms with E-state index < -0.39 is 0 Å². The maximum Gasteiger partial charge on any atom is 0.195 e. The maximum absolute atomic E-state index is 12.2. The number of methoxy groups -OCH3 is 1. The van der Waals surface area contributed by atoms with Crippen LogP contribution in [0.1, 0.15) is 15.9 Å². The van der Waals surface area contributed by atoms with Crippen LogP contribution in [-0.4, -0.2) is 18.0 Å². The van der Waals surface area contributed by atoms with Gasteiger partial charge >= 0.3 is 0 Å². The van der Waals surface area contributed by atoms with Crippen LogP contribution in [0.5, 0.6) is 11.5 Å². The second kappa shape index (κ2) is 4.79. The molecule has 4 heteroatoms. The minimum absolute atomic E-state index is 0.0490. The third kappa shape index (κ3) is 2.27. The predicted molar refractivity (Wildman–Crippen MR) is 68.9 cm³/mol. The number of ether oxygens (including phenoxy) is 1. The first-order valence-electron chi connectivity index (χ1n) is 5.39. The summed E-state index contributed by atoms with van der Waals surface area (Å²) in [5.74, 6) is 0.416. The minimum atomic E-state index is -0.231. The summed E-state index contributed by atoms with van der Waals surface area (Å²) in [6.07, 6.45) is 0. The Morgan fingerprint density at radius 1 is 1.22 bits per heavy atom. The first-order chi connectivity index (χ1) is 8.61. The summed E-state index contributed by atoms with van der Waals surface area (Å²) in [5, 5.41) is 9.36. The van der Waals surface area contributed by atoms with Crippen molar-refractivity contribution in [3.63, 3.8) is 0 Å². The van der Waals surface area contributed by atoms with Crippen molar-refractivity contribution in [2.75, 3.05) is 12.8 Å². The van der Waals surface area contributed by atoms with Crippen molar-refractivity contribution in [3.8, 4) is 11.5 Å². The van der Waals surface area contributed by atoms with E-state index in [-0.39, 0.29) is 11.5 Å². The summed E-state index contributed by atoms with van der Waals surface area (Å²) < 4.78 is 5.02. The number of benzene rings is 2. The molecular weight excluding hydrogens is 230 g/mol. The van der Waals surface area contributed by atoms with Crippen LogP contribution >= 0.6 is 0 Å². The molecule has 0 bridgehead atoms. The first kappa shape index (κ1) is 12.0. The molecule has 3 N–H and O–H groups in total. The molecule has 0 spiro atoms. The van der Waals surface area contributed by atoms with Gasteiger partial charge in [-0.2, -0.15) is 0 Å². The van der Waals surface area contributed by atoms with Crippen molar-refractivity contribution in [2.24, 2.45) is 0 Å². The fourth-order valence-corrected chi connectivity index (χ4v) is 1.68. The van der Waals surface area contributed by atoms with Gasteiger partial charge in [0.25, 0.3) is 0 Å². The molecule has 0 fully saturated rings. The number of aromatic hydroxyl groups is 1. The van der Waals surface area contributed by atoms with Crippen LogP contribution < -0.4 is 10.5 Å². The number of hydrogen-bond acceptors (Lipinski definition) is 4. The Balaban J connectivity index is 2.40. The molecule has 2 aromatic rings. The van der Waals surface area contributed by atoms with Gasteiger partial charge in [-0.05, 0) is 24.3 Å². The van der Waals surface area contributed by atoms with E-state index in [1.54, 1.807) is 30.3 Å². The van der Waals surface area contributed by atoms with E-state index in [4.69, 9.17) is 10.5 Å². The van der Waals surface area contributed by atoms with Crippen molar-refractivity contribution in [1.82, 2.24) is 0 Å². The van der Waals surface area contributed by atoms with Crippen molar-refractivity contribution in [2.45, 2.75) is 0 Å². The van der Waals surface area contributed by atoms with Crippen LogP contribution in [0.2, 0.25) is 0 Å². The number of anilines is 1. The largest absolute Gasteiger partial charge is 0.508 e. The Kier molecular flexibility index (Phi) is 3.19. The highest BCUT2D eigenvalue weighted by Crippen LogP contribution is 2.23. The van der Waals surface area contributed by atoms with E-state index >= 15 is 0 Å². The summed E-state index contributed by atoms with van der Waals surface area (Å²) in [6, 6.07) is 11.0. The topological polar surface area (TPSA) is 72.5 Å². The second-order valence-corrected chi connectivity index (χ2v) is 3.83. The number of rotatable bonds is 3. The molecule has 0 aromatic heterocycles. The average Bonchev–Trinajstić information content (AvgIpc) is 2.37. The highest BCUT2D eigenvalue weighted by molar-refractivity contribution is 6.12. The van der Waals surface area contributed by atoms with Crippen molar-refractivity contribution < 1.29 is 14.6 Å². The molecule has 0 saturated heterocycles. The van der Waals surface area contributed by atoms with Gasteiger partial charge in [0.2, 0.25) is 0 Å². The zero-order chi connectivity index (χ0) is 13.1. The molecule has 0 aliphatic rings. The van der Waals surface area contributed by atoms with Crippen LogP contribution in [0.25, 0.3) is 0 Å². The van der Waals surface area contributed by atoms with E-state index in [9.17, 15) is 9.90 Å². The summed E-state index contributed by atoms with van der Waals surface area (Å²) in [4.78, 5) is 12.2. The highest BCUT2D eigenvalue weighted by Gasteiger charge is 2.13. The number of ketones is 1. The zero-order valence-electron chi connectivity index (χ0n) is 9.88. The second-order valence-electron chi connectivity index (χ2n) is 3.83. The van der Waals surface area contributed by atoms with Crippen LogP contribution in [0, 0.1) is 0 Å². The molecular formula is C14H13NO3. The van der Waals surface area contributed by atoms with Crippen LogP contribution in [0.3, 0.4) is 0 Å². The molecule has 4 nitrogen and oxygen atoms in total. The van der Waals surface area contributed by atoms with Crippen LogP contribution in [-0.2, 0) is 0 Å². The lowest BCUT2D eigenvalue weighted by atomic mass is 10.0. The van der Waals surface area contributed by atoms with Gasteiger partial charge in [0, 0.05) is 22.9 Å². The molecule has 0 aliphatic carbocycles. The normalized spacial score (nSPS) is 10.1. The molecule has 0 aliphatic heterocycles. The van der Waals surface area contributed by atoms with Gasteiger partial charge in [-0.15, -0.1) is 0 Å². The zero-order valence-corrected chi connectivity index (χ0v) is 9.88. The molecule has 0 radical (unpaired) electrons. The van der Waals surface area contributed by atoms with E-state index in [0.717, 1.165) is 0 Å². The highest BCUT2D eigenvalue weighted by atomic mass is 16.5. The van der Waals surface area contributed by atoms with Gasteiger partial charge in [-0.1, -0.05) is 12.1 Å². The Bertz CT molecular complexity index is 593. The summed E-state index contributed by atoms with van der Waals surface area (Å²) in [5.41, 5.74) is 6.95. The molecule has 0 unspecified atom stereocenters. The van der Waals surface area contributed by atoms with E-state index in [0.29, 0.717) is 22.6 Å². The Hall–Kier alpha value is -2.49. The molecule has 0 heterocycles. The molecule has 2 aromatic carbocycles. The van der Waals surface area contributed by atoms with Gasteiger partial charge in [0.05, 0.1) is 7.11 Å². The van der Waals surface area contributed by atoms with Gasteiger partial charge in [0.1, 0.15) is 11.5 Å². The summed E-state index contributed by atoms with van der Waals surface area (Å²) >= 11 is 0. The monoisotopic (exact) mass is 243 g/mol. The number of hydrogen-bond donors (Lipinski definition) is 2. The molecule has 2 rings (SSSR count). The molecule has 0 saturated carbocycles. The van der Waals surface area contributed by atoms with E-state index in [1.807, 2.05) is 0 Å². The van der Waals surface area contributed by atoms with Crippen LogP contribution in [0.4, 0.5) is 5.69 Å². The number of nitrogen functional groups attached to an aromatic ring is 1. The lowest BCUT2D eigenvalue weighted by molar-refractivity contribution is 0.103. The van der Waals surface area contributed by atoms with Gasteiger partial charge in [0.15, 0.2) is 5.78 Å². The third-order valence-corrected chi connectivity index (χ3v) is 2.61. The standard InChI is InChI=1S/C14H13NO3/c1-18-11-5-6-12(13(15)8-11)14(17)9-3-2-4-10(16)7-9/h2-8,16H,15H2,1H3. The SMILES string of the molecule is COc1ccc(C(=O)c2cccc(O)c2)c(N)c1. The summed E-state index contributed by atoms with van der Waals surface area (Å²) in [7, 11) is 1.53. The van der Waals surface area contributed by atoms with E-state index in [2.05, 4.69) is 0 Å². The third-order valence-electron chi connectivity index (χ3n) is 2.61. The Morgan fingerprint density at radius 2 is 2.00 bits per heavy atom. The number of carbonyl (C=O) groups is 1. The summed E-state index contributed by atoms with van der Waals surface area (Å²) in [6.45, 7) is 0. The smallest absolute Gasteiger partial charge is 0.195 e. The van der Waals surface area contributed by atoms with Gasteiger partial charge in [-0.3, -0.25) is 4.79 Å². The van der Waals surface area contributed by atoms with E-state index in [1.165, 1.54) is 19.2 Å². The number of phenolic OH excluding ortho intramolecular Hbond substituents is 1. The van der Waals surface area contributed by atoms with Gasteiger partial charge in [-0.25, -0.2) is 0 Å². The number of phenols is 1. The molecule has 18 heavy (non-hydrogen) atoms. The molecule has 0 atom stereocenters. The average molecular weight is 243 g/mol. The number of carbonyl (C=O) groups excluding carboxylic acids is 1. The number of nitrogens with two attached hydrogens (primary N) is 1. The first-order valence-corrected chi connectivity index (χ1v) is 5.39. The predicted octanol–water partition coefficient (Wildman–Crippen LogP) is 2.21. The fraction of sp³-hybridized carbons (Fsp3) is 0.0714. The Morgan fingerprint density at radius 3 is 2.61 bits per heavy atom. The maximum atomic E-state index is 12.2. The fourth-order valence-electron chi connectivity index (χ4n) is 1.68. The quantitative estimate of drug-likeness (QED) is 0.640. The lowest BCUT2D eigenvalue weighted by Gasteiger charge is -2.07. The van der Waals surface area contributed by atoms with Crippen LogP contribution in [0.15, 0.2) is 42.5 Å². The van der Waals surface area contributed by atoms with Crippen molar-refractivity contribution in [3.05, 3.63) is 53.6 Å². The van der Waals surface area contributed by atoms with Crippen molar-refractivity contribution in [1.29, 1.82) is 0 Å². The molecule has 0 amide bonds.